The summed E-state index contributed by atoms with van der Waals surface area (Å²) in [6.45, 7) is 2.04. The number of anilines is 2. The number of amides is 1. The summed E-state index contributed by atoms with van der Waals surface area (Å²) in [4.78, 5) is 15.7. The molecule has 5 nitrogen and oxygen atoms in total. The van der Waals surface area contributed by atoms with Crippen LogP contribution in [0.1, 0.15) is 22.8 Å². The lowest BCUT2D eigenvalue weighted by molar-refractivity contribution is 0.102. The molecule has 104 valence electrons. The molecule has 2 aromatic rings. The van der Waals surface area contributed by atoms with Crippen LogP contribution in [-0.4, -0.2) is 10.9 Å². The fourth-order valence-corrected chi connectivity index (χ4v) is 1.74. The molecule has 1 heterocycles. The van der Waals surface area contributed by atoms with Crippen LogP contribution in [0.25, 0.3) is 0 Å². The van der Waals surface area contributed by atoms with Crippen molar-refractivity contribution in [2.24, 2.45) is 5.84 Å². The normalized spacial score (nSPS) is 10.2. The van der Waals surface area contributed by atoms with E-state index in [9.17, 15) is 9.18 Å². The van der Waals surface area contributed by atoms with E-state index in [1.54, 1.807) is 12.1 Å². The van der Waals surface area contributed by atoms with Crippen molar-refractivity contribution in [1.29, 1.82) is 0 Å². The molecule has 6 heteroatoms. The molecule has 2 rings (SSSR count). The van der Waals surface area contributed by atoms with Gasteiger partial charge in [0, 0.05) is 11.9 Å². The maximum absolute atomic E-state index is 13.9. The van der Waals surface area contributed by atoms with Gasteiger partial charge >= 0.3 is 0 Å². The first-order valence-electron chi connectivity index (χ1n) is 6.17. The van der Waals surface area contributed by atoms with Gasteiger partial charge in [-0.05, 0) is 30.2 Å². The molecule has 0 bridgehead atoms. The predicted molar refractivity (Wildman–Crippen MR) is 75.8 cm³/mol. The van der Waals surface area contributed by atoms with Crippen molar-refractivity contribution in [3.63, 3.8) is 0 Å². The van der Waals surface area contributed by atoms with Crippen LogP contribution in [0, 0.1) is 5.82 Å². The molecule has 1 aromatic carbocycles. The summed E-state index contributed by atoms with van der Waals surface area (Å²) < 4.78 is 13.9. The number of nitrogens with two attached hydrogens (primary N) is 1. The van der Waals surface area contributed by atoms with Gasteiger partial charge in [-0.25, -0.2) is 15.2 Å². The monoisotopic (exact) mass is 274 g/mol. The second-order valence-corrected chi connectivity index (χ2v) is 4.17. The Balaban J connectivity index is 2.19. The zero-order valence-electron chi connectivity index (χ0n) is 11.0. The van der Waals surface area contributed by atoms with Crippen molar-refractivity contribution in [2.75, 3.05) is 10.7 Å². The Labute approximate surface area is 116 Å². The van der Waals surface area contributed by atoms with Crippen molar-refractivity contribution in [3.8, 4) is 0 Å². The van der Waals surface area contributed by atoms with Crippen LogP contribution >= 0.6 is 0 Å². The van der Waals surface area contributed by atoms with Gasteiger partial charge in [0.25, 0.3) is 5.91 Å². The summed E-state index contributed by atoms with van der Waals surface area (Å²) in [6, 6.07) is 8.67. The number of hydrazine groups is 1. The highest BCUT2D eigenvalue weighted by Gasteiger charge is 2.15. The number of rotatable bonds is 4. The summed E-state index contributed by atoms with van der Waals surface area (Å²) in [7, 11) is 0. The molecule has 0 fully saturated rings. The van der Waals surface area contributed by atoms with Gasteiger partial charge in [0.2, 0.25) is 0 Å². The minimum Gasteiger partial charge on any atom is -0.322 e. The summed E-state index contributed by atoms with van der Waals surface area (Å²) in [5.74, 6) is 3.62. The predicted octanol–water partition coefficient (Wildman–Crippen LogP) is 2.32. The smallest absolute Gasteiger partial charge is 0.258 e. The Bertz CT molecular complexity index is 613. The molecule has 0 saturated heterocycles. The number of nitrogen functional groups attached to an aromatic ring is 1. The SMILES string of the molecule is CCc1ccc(NC(=O)c2ccnc(NN)c2F)cc1. The van der Waals surface area contributed by atoms with Gasteiger partial charge in [-0.15, -0.1) is 0 Å². The number of aromatic nitrogens is 1. The lowest BCUT2D eigenvalue weighted by Crippen LogP contribution is -2.17. The third-order valence-corrected chi connectivity index (χ3v) is 2.89. The van der Waals surface area contributed by atoms with Crippen molar-refractivity contribution in [3.05, 3.63) is 53.5 Å². The molecular formula is C14H15FN4O. The minimum atomic E-state index is -0.780. The molecule has 0 saturated carbocycles. The number of hydrogen-bond donors (Lipinski definition) is 3. The summed E-state index contributed by atoms with van der Waals surface area (Å²) in [6.07, 6.45) is 2.23. The highest BCUT2D eigenvalue weighted by molar-refractivity contribution is 6.04. The molecule has 0 aliphatic heterocycles. The van der Waals surface area contributed by atoms with Crippen LogP contribution in [0.5, 0.6) is 0 Å². The fraction of sp³-hybridized carbons (Fsp3) is 0.143. The highest BCUT2D eigenvalue weighted by atomic mass is 19.1. The number of nitrogens with zero attached hydrogens (tertiary/aromatic N) is 1. The lowest BCUT2D eigenvalue weighted by Gasteiger charge is -2.08. The zero-order chi connectivity index (χ0) is 14.5. The largest absolute Gasteiger partial charge is 0.322 e. The van der Waals surface area contributed by atoms with Gasteiger partial charge < -0.3 is 10.7 Å². The van der Waals surface area contributed by atoms with E-state index in [1.165, 1.54) is 12.3 Å². The first-order valence-corrected chi connectivity index (χ1v) is 6.17. The Hall–Kier alpha value is -2.47. The molecule has 0 atom stereocenters. The molecular weight excluding hydrogens is 259 g/mol. The maximum Gasteiger partial charge on any atom is 0.258 e. The lowest BCUT2D eigenvalue weighted by atomic mass is 10.1. The Morgan fingerprint density at radius 3 is 2.60 bits per heavy atom. The molecule has 1 aromatic heterocycles. The molecule has 0 aliphatic carbocycles. The van der Waals surface area contributed by atoms with E-state index < -0.39 is 11.7 Å². The van der Waals surface area contributed by atoms with E-state index in [0.29, 0.717) is 5.69 Å². The molecule has 20 heavy (non-hydrogen) atoms. The van der Waals surface area contributed by atoms with E-state index in [0.717, 1.165) is 12.0 Å². The van der Waals surface area contributed by atoms with E-state index >= 15 is 0 Å². The van der Waals surface area contributed by atoms with E-state index in [-0.39, 0.29) is 11.4 Å². The van der Waals surface area contributed by atoms with Gasteiger partial charge in [-0.3, -0.25) is 4.79 Å². The van der Waals surface area contributed by atoms with E-state index in [4.69, 9.17) is 5.84 Å². The van der Waals surface area contributed by atoms with Gasteiger partial charge in [-0.1, -0.05) is 19.1 Å². The topological polar surface area (TPSA) is 80.0 Å². The zero-order valence-corrected chi connectivity index (χ0v) is 11.0. The molecule has 0 spiro atoms. The number of aryl methyl sites for hydroxylation is 1. The van der Waals surface area contributed by atoms with Crippen molar-refractivity contribution >= 4 is 17.4 Å². The number of benzene rings is 1. The molecule has 0 radical (unpaired) electrons. The van der Waals surface area contributed by atoms with Crippen LogP contribution in [0.15, 0.2) is 36.5 Å². The first-order chi connectivity index (χ1) is 9.65. The second-order valence-electron chi connectivity index (χ2n) is 4.17. The Morgan fingerprint density at radius 2 is 2.00 bits per heavy atom. The molecule has 0 aliphatic rings. The van der Waals surface area contributed by atoms with Crippen LogP contribution < -0.4 is 16.6 Å². The Morgan fingerprint density at radius 1 is 1.30 bits per heavy atom. The fourth-order valence-electron chi connectivity index (χ4n) is 1.74. The number of halogens is 1. The van der Waals surface area contributed by atoms with Crippen LogP contribution in [-0.2, 0) is 6.42 Å². The highest BCUT2D eigenvalue weighted by Crippen LogP contribution is 2.16. The first kappa shape index (κ1) is 14.0. The standard InChI is InChI=1S/C14H15FN4O/c1-2-9-3-5-10(6-4-9)18-14(20)11-7-8-17-13(19-16)12(11)15/h3-8H,2,16H2,1H3,(H,17,19)(H,18,20). The number of carbonyl (C=O) groups excluding carboxylic acids is 1. The molecule has 1 amide bonds. The maximum atomic E-state index is 13.9. The van der Waals surface area contributed by atoms with Gasteiger partial charge in [-0.2, -0.15) is 0 Å². The van der Waals surface area contributed by atoms with Gasteiger partial charge in [0.15, 0.2) is 11.6 Å². The third kappa shape index (κ3) is 2.92. The third-order valence-electron chi connectivity index (χ3n) is 2.89. The van der Waals surface area contributed by atoms with Crippen LogP contribution in [0.4, 0.5) is 15.9 Å². The van der Waals surface area contributed by atoms with E-state index in [1.807, 2.05) is 19.1 Å². The molecule has 0 unspecified atom stereocenters. The average Bonchev–Trinajstić information content (AvgIpc) is 2.48. The summed E-state index contributed by atoms with van der Waals surface area (Å²) >= 11 is 0. The van der Waals surface area contributed by atoms with Crippen LogP contribution in [0.2, 0.25) is 0 Å². The van der Waals surface area contributed by atoms with E-state index in [2.05, 4.69) is 15.7 Å². The second kappa shape index (κ2) is 6.12. The number of carbonyl (C=O) groups is 1. The summed E-state index contributed by atoms with van der Waals surface area (Å²) in [5, 5.41) is 2.63. The number of pyridine rings is 1. The van der Waals surface area contributed by atoms with Gasteiger partial charge in [0.1, 0.15) is 0 Å². The van der Waals surface area contributed by atoms with Gasteiger partial charge in [0.05, 0.1) is 5.56 Å². The quantitative estimate of drug-likeness (QED) is 0.590. The van der Waals surface area contributed by atoms with Crippen molar-refractivity contribution in [1.82, 2.24) is 4.98 Å². The molecule has 4 N–H and O–H groups in total. The van der Waals surface area contributed by atoms with Crippen LogP contribution in [0.3, 0.4) is 0 Å². The minimum absolute atomic E-state index is 0.118. The van der Waals surface area contributed by atoms with Crippen molar-refractivity contribution in [2.45, 2.75) is 13.3 Å². The average molecular weight is 274 g/mol. The summed E-state index contributed by atoms with van der Waals surface area (Å²) in [5.41, 5.74) is 3.75. The Kier molecular flexibility index (Phi) is 4.27. The number of nitrogens with one attached hydrogen (secondary N) is 2. The van der Waals surface area contributed by atoms with Crippen molar-refractivity contribution < 1.29 is 9.18 Å². The number of hydrogen-bond acceptors (Lipinski definition) is 4.